The molecule has 6 nitrogen and oxygen atoms in total. The highest BCUT2D eigenvalue weighted by Gasteiger charge is 2.37. The summed E-state index contributed by atoms with van der Waals surface area (Å²) in [6.07, 6.45) is 2.98. The predicted molar refractivity (Wildman–Crippen MR) is 120 cm³/mol. The van der Waals surface area contributed by atoms with E-state index >= 15 is 0 Å². The van der Waals surface area contributed by atoms with E-state index in [1.54, 1.807) is 0 Å². The summed E-state index contributed by atoms with van der Waals surface area (Å²) in [5.41, 5.74) is 8.98. The van der Waals surface area contributed by atoms with Crippen LogP contribution in [0.3, 0.4) is 0 Å². The van der Waals surface area contributed by atoms with Gasteiger partial charge in [-0.1, -0.05) is 42.0 Å². The number of rotatable bonds is 6. The fourth-order valence-corrected chi connectivity index (χ4v) is 4.66. The molecule has 0 unspecified atom stereocenters. The predicted octanol–water partition coefficient (Wildman–Crippen LogP) is 2.84. The van der Waals surface area contributed by atoms with E-state index in [2.05, 4.69) is 36.1 Å². The number of carbonyl (C=O) groups is 2. The number of hydrogen-bond acceptors (Lipinski definition) is 5. The first-order valence-electron chi connectivity index (χ1n) is 11.1. The number of hydrogen-bond donors (Lipinski definition) is 1. The largest absolute Gasteiger partial charge is 0.426 e. The molecule has 4 rings (SSSR count). The number of piperidine rings is 1. The van der Waals surface area contributed by atoms with Crippen LogP contribution < -0.4 is 10.5 Å². The van der Waals surface area contributed by atoms with Gasteiger partial charge in [0.25, 0.3) is 0 Å². The first-order valence-corrected chi connectivity index (χ1v) is 11.1. The highest BCUT2D eigenvalue weighted by molar-refractivity contribution is 5.84. The normalized spacial score (nSPS) is 20.3. The number of nitrogens with two attached hydrogens (primary N) is 1. The standard InChI is InChI=1S/C25H31N3O3/c1-18-2-4-19(5-3-18)17-28-15-12-23(25(28)30)27-13-10-21(11-14-27)20-6-8-22(9-7-20)31-24(29)16-26/h2-9,21,23H,10-17,26H2,1H3/t23-/m1/s1. The molecule has 1 atom stereocenters. The van der Waals surface area contributed by atoms with Gasteiger partial charge < -0.3 is 15.4 Å². The molecule has 2 aliphatic rings. The molecule has 0 saturated carbocycles. The molecule has 0 spiro atoms. The van der Waals surface area contributed by atoms with E-state index in [1.165, 1.54) is 16.7 Å². The summed E-state index contributed by atoms with van der Waals surface area (Å²) >= 11 is 0. The number of carbonyl (C=O) groups excluding carboxylic acids is 2. The molecule has 1 amide bonds. The van der Waals surface area contributed by atoms with Crippen molar-refractivity contribution in [1.82, 2.24) is 9.80 Å². The van der Waals surface area contributed by atoms with Gasteiger partial charge >= 0.3 is 5.97 Å². The number of nitrogens with zero attached hydrogens (tertiary/aromatic N) is 2. The second-order valence-corrected chi connectivity index (χ2v) is 8.61. The number of ether oxygens (including phenoxy) is 1. The quantitative estimate of drug-likeness (QED) is 0.573. The van der Waals surface area contributed by atoms with Crippen LogP contribution in [0.25, 0.3) is 0 Å². The van der Waals surface area contributed by atoms with E-state index in [9.17, 15) is 9.59 Å². The Balaban J connectivity index is 1.29. The smallest absolute Gasteiger partial charge is 0.325 e. The summed E-state index contributed by atoms with van der Waals surface area (Å²) < 4.78 is 5.15. The zero-order chi connectivity index (χ0) is 21.8. The molecule has 0 aromatic heterocycles. The van der Waals surface area contributed by atoms with Gasteiger partial charge in [-0.2, -0.15) is 0 Å². The van der Waals surface area contributed by atoms with Gasteiger partial charge in [-0.3, -0.25) is 14.5 Å². The summed E-state index contributed by atoms with van der Waals surface area (Å²) in [6.45, 7) is 5.36. The van der Waals surface area contributed by atoms with Crippen LogP contribution in [0.2, 0.25) is 0 Å². The molecule has 2 aromatic carbocycles. The van der Waals surface area contributed by atoms with Crippen molar-refractivity contribution in [2.24, 2.45) is 5.73 Å². The zero-order valence-electron chi connectivity index (χ0n) is 18.1. The van der Waals surface area contributed by atoms with Crippen LogP contribution in [0.15, 0.2) is 48.5 Å². The van der Waals surface area contributed by atoms with Crippen molar-refractivity contribution in [3.63, 3.8) is 0 Å². The molecule has 0 aliphatic carbocycles. The third-order valence-corrected chi connectivity index (χ3v) is 6.48. The Bertz CT molecular complexity index is 903. The molecular formula is C25H31N3O3. The van der Waals surface area contributed by atoms with Crippen LogP contribution in [0.1, 0.15) is 41.9 Å². The van der Waals surface area contributed by atoms with Crippen LogP contribution in [0, 0.1) is 6.92 Å². The fourth-order valence-electron chi connectivity index (χ4n) is 4.66. The second kappa shape index (κ2) is 9.62. The van der Waals surface area contributed by atoms with Crippen molar-refractivity contribution in [2.75, 3.05) is 26.2 Å². The Labute approximate surface area is 184 Å². The molecule has 0 bridgehead atoms. The monoisotopic (exact) mass is 421 g/mol. The topological polar surface area (TPSA) is 75.9 Å². The number of esters is 1. The highest BCUT2D eigenvalue weighted by Crippen LogP contribution is 2.32. The second-order valence-electron chi connectivity index (χ2n) is 8.61. The average Bonchev–Trinajstić information content (AvgIpc) is 3.16. The Hall–Kier alpha value is -2.70. The molecule has 2 saturated heterocycles. The van der Waals surface area contributed by atoms with Crippen LogP contribution >= 0.6 is 0 Å². The number of amides is 1. The maximum absolute atomic E-state index is 13.0. The van der Waals surface area contributed by atoms with E-state index < -0.39 is 5.97 Å². The lowest BCUT2D eigenvalue weighted by Gasteiger charge is -2.35. The molecule has 0 radical (unpaired) electrons. The fraction of sp³-hybridized carbons (Fsp3) is 0.440. The van der Waals surface area contributed by atoms with Crippen molar-refractivity contribution in [1.29, 1.82) is 0 Å². The van der Waals surface area contributed by atoms with Gasteiger partial charge in [0.15, 0.2) is 0 Å². The number of aryl methyl sites for hydroxylation is 1. The maximum atomic E-state index is 13.0. The number of likely N-dealkylation sites (tertiary alicyclic amines) is 2. The van der Waals surface area contributed by atoms with Gasteiger partial charge in [-0.15, -0.1) is 0 Å². The van der Waals surface area contributed by atoms with Crippen molar-refractivity contribution in [3.8, 4) is 5.75 Å². The van der Waals surface area contributed by atoms with Gasteiger partial charge in [-0.25, -0.2) is 0 Å². The molecular weight excluding hydrogens is 390 g/mol. The molecule has 2 aliphatic heterocycles. The lowest BCUT2D eigenvalue weighted by Crippen LogP contribution is -2.45. The molecule has 164 valence electrons. The Morgan fingerprint density at radius 2 is 1.68 bits per heavy atom. The van der Waals surface area contributed by atoms with E-state index in [4.69, 9.17) is 10.5 Å². The minimum absolute atomic E-state index is 0.0180. The summed E-state index contributed by atoms with van der Waals surface area (Å²) in [5.74, 6) is 0.835. The summed E-state index contributed by atoms with van der Waals surface area (Å²) in [6, 6.07) is 16.2. The summed E-state index contributed by atoms with van der Waals surface area (Å²) in [5, 5.41) is 0. The van der Waals surface area contributed by atoms with Gasteiger partial charge in [0.2, 0.25) is 5.91 Å². The zero-order valence-corrected chi connectivity index (χ0v) is 18.1. The minimum atomic E-state index is -0.432. The van der Waals surface area contributed by atoms with Crippen molar-refractivity contribution >= 4 is 11.9 Å². The SMILES string of the molecule is Cc1ccc(CN2CC[C@@H](N3CCC(c4ccc(OC(=O)CN)cc4)CC3)C2=O)cc1. The third-order valence-electron chi connectivity index (χ3n) is 6.48. The van der Waals surface area contributed by atoms with Gasteiger partial charge in [0, 0.05) is 13.1 Å². The van der Waals surface area contributed by atoms with Crippen LogP contribution in [0.4, 0.5) is 0 Å². The highest BCUT2D eigenvalue weighted by atomic mass is 16.5. The summed E-state index contributed by atoms with van der Waals surface area (Å²) in [4.78, 5) is 28.7. The van der Waals surface area contributed by atoms with Gasteiger partial charge in [0.1, 0.15) is 5.75 Å². The lowest BCUT2D eigenvalue weighted by atomic mass is 9.88. The Morgan fingerprint density at radius 1 is 1.00 bits per heavy atom. The maximum Gasteiger partial charge on any atom is 0.325 e. The average molecular weight is 422 g/mol. The van der Waals surface area contributed by atoms with Crippen molar-refractivity contribution in [3.05, 3.63) is 65.2 Å². The third kappa shape index (κ3) is 5.14. The molecule has 6 heteroatoms. The first kappa shape index (κ1) is 21.5. The van der Waals surface area contributed by atoms with Gasteiger partial charge in [0.05, 0.1) is 12.6 Å². The van der Waals surface area contributed by atoms with E-state index in [0.717, 1.165) is 38.9 Å². The van der Waals surface area contributed by atoms with Crippen LogP contribution in [-0.4, -0.2) is 53.9 Å². The van der Waals surface area contributed by atoms with Crippen LogP contribution in [-0.2, 0) is 16.1 Å². The molecule has 31 heavy (non-hydrogen) atoms. The molecule has 2 N–H and O–H groups in total. The first-order chi connectivity index (χ1) is 15.0. The van der Waals surface area contributed by atoms with E-state index in [-0.39, 0.29) is 18.5 Å². The lowest BCUT2D eigenvalue weighted by molar-refractivity contribution is -0.133. The molecule has 2 aromatic rings. The Morgan fingerprint density at radius 3 is 2.32 bits per heavy atom. The van der Waals surface area contributed by atoms with E-state index in [0.29, 0.717) is 18.2 Å². The van der Waals surface area contributed by atoms with Crippen molar-refractivity contribution in [2.45, 2.75) is 44.7 Å². The van der Waals surface area contributed by atoms with Gasteiger partial charge in [-0.05, 0) is 68.5 Å². The number of benzene rings is 2. The van der Waals surface area contributed by atoms with Crippen LogP contribution in [0.5, 0.6) is 5.75 Å². The minimum Gasteiger partial charge on any atom is -0.426 e. The Kier molecular flexibility index (Phi) is 6.68. The molecule has 2 heterocycles. The van der Waals surface area contributed by atoms with Crippen molar-refractivity contribution < 1.29 is 14.3 Å². The summed E-state index contributed by atoms with van der Waals surface area (Å²) in [7, 11) is 0. The molecule has 2 fully saturated rings. The van der Waals surface area contributed by atoms with E-state index in [1.807, 2.05) is 29.2 Å².